The van der Waals surface area contributed by atoms with Gasteiger partial charge in [-0.1, -0.05) is 115 Å². The maximum absolute atomic E-state index is 6.59. The van der Waals surface area contributed by atoms with Gasteiger partial charge in [-0.2, -0.15) is 0 Å². The molecule has 0 fully saturated rings. The molecule has 0 saturated carbocycles. The molecule has 32 heavy (non-hydrogen) atoms. The zero-order valence-corrected chi connectivity index (χ0v) is 18.3. The summed E-state index contributed by atoms with van der Waals surface area (Å²) >= 11 is 6.59. The third kappa shape index (κ3) is 4.30. The van der Waals surface area contributed by atoms with Gasteiger partial charge in [0, 0.05) is 21.8 Å². The Morgan fingerprint density at radius 3 is 1.31 bits per heavy atom. The fourth-order valence-electron chi connectivity index (χ4n) is 3.95. The van der Waals surface area contributed by atoms with E-state index in [1.54, 1.807) is 0 Å². The Balaban J connectivity index is 1.60. The molecule has 1 nitrogen and oxygen atoms in total. The standard InChI is InChI=1S/C30H22ClN/c31-26-20-28(24-12-6-2-7-13-24)30(29(21-26)25-14-8-3-9-15-25)32-27-18-16-23(17-19-27)22-10-4-1-5-11-22/h1-21,32H. The van der Waals surface area contributed by atoms with Gasteiger partial charge < -0.3 is 5.32 Å². The highest BCUT2D eigenvalue weighted by molar-refractivity contribution is 6.31. The number of anilines is 2. The van der Waals surface area contributed by atoms with Gasteiger partial charge in [-0.05, 0) is 46.5 Å². The van der Waals surface area contributed by atoms with Crippen LogP contribution in [0, 0.1) is 0 Å². The zero-order chi connectivity index (χ0) is 21.8. The molecular weight excluding hydrogens is 410 g/mol. The Hall–Kier alpha value is -3.81. The number of hydrogen-bond acceptors (Lipinski definition) is 1. The zero-order valence-electron chi connectivity index (χ0n) is 17.5. The first-order chi connectivity index (χ1) is 15.8. The van der Waals surface area contributed by atoms with Gasteiger partial charge in [-0.15, -0.1) is 0 Å². The summed E-state index contributed by atoms with van der Waals surface area (Å²) in [4.78, 5) is 0. The van der Waals surface area contributed by atoms with Gasteiger partial charge in [-0.3, -0.25) is 0 Å². The molecule has 0 aliphatic carbocycles. The summed E-state index contributed by atoms with van der Waals surface area (Å²) in [6.45, 7) is 0. The Bertz CT molecular complexity index is 1250. The fraction of sp³-hybridized carbons (Fsp3) is 0. The number of hydrogen-bond donors (Lipinski definition) is 1. The van der Waals surface area contributed by atoms with E-state index in [2.05, 4.69) is 102 Å². The molecule has 0 unspecified atom stereocenters. The lowest BCUT2D eigenvalue weighted by molar-refractivity contribution is 1.51. The molecule has 5 aromatic rings. The van der Waals surface area contributed by atoms with Crippen molar-refractivity contribution in [2.45, 2.75) is 0 Å². The normalized spacial score (nSPS) is 10.7. The number of nitrogens with one attached hydrogen (secondary N) is 1. The van der Waals surface area contributed by atoms with Gasteiger partial charge in [0.15, 0.2) is 0 Å². The molecule has 0 atom stereocenters. The number of rotatable bonds is 5. The Kier molecular flexibility index (Phi) is 5.74. The minimum atomic E-state index is 0.715. The summed E-state index contributed by atoms with van der Waals surface area (Å²) in [5.74, 6) is 0. The first kappa shape index (κ1) is 20.1. The third-order valence-electron chi connectivity index (χ3n) is 5.53. The highest BCUT2D eigenvalue weighted by Crippen LogP contribution is 2.41. The molecule has 0 radical (unpaired) electrons. The monoisotopic (exact) mass is 431 g/mol. The molecule has 0 aliphatic heterocycles. The second-order valence-electron chi connectivity index (χ2n) is 7.68. The predicted octanol–water partition coefficient (Wildman–Crippen LogP) is 9.08. The van der Waals surface area contributed by atoms with Gasteiger partial charge in [0.25, 0.3) is 0 Å². The van der Waals surface area contributed by atoms with Gasteiger partial charge in [0.05, 0.1) is 5.69 Å². The minimum absolute atomic E-state index is 0.715. The van der Waals surface area contributed by atoms with Crippen molar-refractivity contribution in [2.75, 3.05) is 5.32 Å². The van der Waals surface area contributed by atoms with Crippen LogP contribution >= 0.6 is 11.6 Å². The third-order valence-corrected chi connectivity index (χ3v) is 5.75. The van der Waals surface area contributed by atoms with Crippen molar-refractivity contribution >= 4 is 23.0 Å². The van der Waals surface area contributed by atoms with Crippen molar-refractivity contribution < 1.29 is 0 Å². The molecule has 2 heteroatoms. The van der Waals surface area contributed by atoms with Crippen LogP contribution < -0.4 is 5.32 Å². The first-order valence-corrected chi connectivity index (χ1v) is 11.0. The second kappa shape index (κ2) is 9.13. The van der Waals surface area contributed by atoms with Gasteiger partial charge in [0.1, 0.15) is 0 Å². The van der Waals surface area contributed by atoms with Gasteiger partial charge >= 0.3 is 0 Å². The lowest BCUT2D eigenvalue weighted by Crippen LogP contribution is -1.97. The van der Waals surface area contributed by atoms with E-state index in [0.717, 1.165) is 33.6 Å². The molecule has 0 bridgehead atoms. The summed E-state index contributed by atoms with van der Waals surface area (Å²) < 4.78 is 0. The minimum Gasteiger partial charge on any atom is -0.355 e. The number of halogens is 1. The van der Waals surface area contributed by atoms with Crippen LogP contribution in [-0.2, 0) is 0 Å². The molecule has 0 amide bonds. The van der Waals surface area contributed by atoms with E-state index in [4.69, 9.17) is 11.6 Å². The van der Waals surface area contributed by atoms with Crippen LogP contribution in [0.1, 0.15) is 0 Å². The Morgan fingerprint density at radius 1 is 0.438 bits per heavy atom. The molecule has 0 aliphatic rings. The average Bonchev–Trinajstić information content (AvgIpc) is 2.87. The molecule has 0 saturated heterocycles. The highest BCUT2D eigenvalue weighted by atomic mass is 35.5. The molecule has 5 aromatic carbocycles. The maximum atomic E-state index is 6.59. The summed E-state index contributed by atoms with van der Waals surface area (Å²) in [7, 11) is 0. The molecule has 1 N–H and O–H groups in total. The Labute approximate surface area is 194 Å². The van der Waals surface area contributed by atoms with E-state index in [1.165, 1.54) is 11.1 Å². The van der Waals surface area contributed by atoms with Gasteiger partial charge in [0.2, 0.25) is 0 Å². The van der Waals surface area contributed by atoms with Gasteiger partial charge in [-0.25, -0.2) is 0 Å². The van der Waals surface area contributed by atoms with Crippen molar-refractivity contribution in [2.24, 2.45) is 0 Å². The van der Waals surface area contributed by atoms with Crippen LogP contribution in [0.25, 0.3) is 33.4 Å². The quantitative estimate of drug-likeness (QED) is 0.292. The van der Waals surface area contributed by atoms with Crippen molar-refractivity contribution in [1.29, 1.82) is 0 Å². The fourth-order valence-corrected chi connectivity index (χ4v) is 4.17. The van der Waals surface area contributed by atoms with E-state index < -0.39 is 0 Å². The van der Waals surface area contributed by atoms with Crippen molar-refractivity contribution in [3.63, 3.8) is 0 Å². The smallest absolute Gasteiger partial charge is 0.0544 e. The average molecular weight is 432 g/mol. The van der Waals surface area contributed by atoms with Crippen LogP contribution in [-0.4, -0.2) is 0 Å². The van der Waals surface area contributed by atoms with Crippen LogP contribution in [0.5, 0.6) is 0 Å². The maximum Gasteiger partial charge on any atom is 0.0544 e. The van der Waals surface area contributed by atoms with Crippen molar-refractivity contribution in [3.8, 4) is 33.4 Å². The molecule has 0 aromatic heterocycles. The summed E-state index contributed by atoms with van der Waals surface area (Å²) in [6.07, 6.45) is 0. The predicted molar refractivity (Wildman–Crippen MR) is 137 cm³/mol. The Morgan fingerprint density at radius 2 is 0.844 bits per heavy atom. The number of benzene rings is 5. The van der Waals surface area contributed by atoms with Crippen molar-refractivity contribution in [1.82, 2.24) is 0 Å². The molecular formula is C30H22ClN. The molecule has 0 spiro atoms. The topological polar surface area (TPSA) is 12.0 Å². The lowest BCUT2D eigenvalue weighted by Gasteiger charge is -2.19. The van der Waals surface area contributed by atoms with Crippen molar-refractivity contribution in [3.05, 3.63) is 132 Å². The van der Waals surface area contributed by atoms with Crippen LogP contribution in [0.15, 0.2) is 127 Å². The van der Waals surface area contributed by atoms with E-state index in [1.807, 2.05) is 30.3 Å². The summed E-state index contributed by atoms with van der Waals surface area (Å²) in [6, 6.07) is 43.8. The highest BCUT2D eigenvalue weighted by Gasteiger charge is 2.14. The molecule has 0 heterocycles. The van der Waals surface area contributed by atoms with E-state index in [-0.39, 0.29) is 0 Å². The van der Waals surface area contributed by atoms with Crippen LogP contribution in [0.2, 0.25) is 5.02 Å². The van der Waals surface area contributed by atoms with E-state index in [0.29, 0.717) is 5.02 Å². The molecule has 154 valence electrons. The lowest BCUT2D eigenvalue weighted by atomic mass is 9.95. The first-order valence-electron chi connectivity index (χ1n) is 10.6. The molecule has 5 rings (SSSR count). The largest absolute Gasteiger partial charge is 0.355 e. The second-order valence-corrected chi connectivity index (χ2v) is 8.11. The SMILES string of the molecule is Clc1cc(-c2ccccc2)c(Nc2ccc(-c3ccccc3)cc2)c(-c2ccccc2)c1. The van der Waals surface area contributed by atoms with Crippen LogP contribution in [0.4, 0.5) is 11.4 Å². The summed E-state index contributed by atoms with van der Waals surface area (Å²) in [5, 5.41) is 4.40. The summed E-state index contributed by atoms with van der Waals surface area (Å²) in [5.41, 5.74) is 8.86. The van der Waals surface area contributed by atoms with E-state index in [9.17, 15) is 0 Å². The van der Waals surface area contributed by atoms with E-state index >= 15 is 0 Å². The van der Waals surface area contributed by atoms with Crippen LogP contribution in [0.3, 0.4) is 0 Å².